The van der Waals surface area contributed by atoms with Gasteiger partial charge in [0.1, 0.15) is 5.75 Å². The first-order chi connectivity index (χ1) is 12.2. The Balaban J connectivity index is 1.66. The van der Waals surface area contributed by atoms with Crippen LogP contribution in [0.1, 0.15) is 34.3 Å². The van der Waals surface area contributed by atoms with Crippen LogP contribution in [0.4, 0.5) is 5.69 Å². The van der Waals surface area contributed by atoms with Crippen molar-refractivity contribution < 1.29 is 9.53 Å². The number of hydrazone groups is 1. The fraction of sp³-hybridized carbons (Fsp3) is 0.300. The maximum atomic E-state index is 12.2. The molecule has 1 aliphatic rings. The Morgan fingerprint density at radius 3 is 2.68 bits per heavy atom. The van der Waals surface area contributed by atoms with Gasteiger partial charge in [-0.15, -0.1) is 0 Å². The van der Waals surface area contributed by atoms with E-state index in [0.29, 0.717) is 11.3 Å². The van der Waals surface area contributed by atoms with Crippen molar-refractivity contribution in [2.24, 2.45) is 5.10 Å². The zero-order chi connectivity index (χ0) is 17.6. The van der Waals surface area contributed by atoms with Crippen LogP contribution in [0, 0.1) is 6.92 Å². The van der Waals surface area contributed by atoms with E-state index >= 15 is 0 Å². The van der Waals surface area contributed by atoms with E-state index in [9.17, 15) is 4.79 Å². The number of para-hydroxylation sites is 1. The maximum Gasteiger partial charge on any atom is 0.275 e. The first-order valence-corrected chi connectivity index (χ1v) is 8.51. The standard InChI is InChI=1S/C20H23N3O2/c1-15-13-16(9-10-18(15)23-11-5-6-12-23)14-21-22-20(24)17-7-3-4-8-19(17)25-2/h3-4,7-10,13-14H,5-6,11-12H2,1-2H3,(H,22,24)/b21-14+. The molecule has 0 radical (unpaired) electrons. The number of nitrogens with zero attached hydrogens (tertiary/aromatic N) is 2. The number of aryl methyl sites for hydroxylation is 1. The molecule has 2 aromatic carbocycles. The molecule has 0 aromatic heterocycles. The smallest absolute Gasteiger partial charge is 0.275 e. The van der Waals surface area contributed by atoms with Crippen molar-refractivity contribution in [2.45, 2.75) is 19.8 Å². The third-order valence-electron chi connectivity index (χ3n) is 4.40. The summed E-state index contributed by atoms with van der Waals surface area (Å²) in [6.45, 7) is 4.37. The van der Waals surface area contributed by atoms with Crippen molar-refractivity contribution in [3.63, 3.8) is 0 Å². The van der Waals surface area contributed by atoms with Gasteiger partial charge in [0.2, 0.25) is 0 Å². The predicted molar refractivity (Wildman–Crippen MR) is 101 cm³/mol. The number of ether oxygens (including phenoxy) is 1. The number of methoxy groups -OCH3 is 1. The highest BCUT2D eigenvalue weighted by molar-refractivity contribution is 5.97. The largest absolute Gasteiger partial charge is 0.496 e. The topological polar surface area (TPSA) is 53.9 Å². The van der Waals surface area contributed by atoms with Gasteiger partial charge in [-0.05, 0) is 55.2 Å². The van der Waals surface area contributed by atoms with Crippen LogP contribution in [0.3, 0.4) is 0 Å². The fourth-order valence-electron chi connectivity index (χ4n) is 3.13. The van der Waals surface area contributed by atoms with Crippen molar-refractivity contribution >= 4 is 17.8 Å². The number of nitrogens with one attached hydrogen (secondary N) is 1. The fourth-order valence-corrected chi connectivity index (χ4v) is 3.13. The Hall–Kier alpha value is -2.82. The monoisotopic (exact) mass is 337 g/mol. The highest BCUT2D eigenvalue weighted by atomic mass is 16.5. The van der Waals surface area contributed by atoms with Crippen molar-refractivity contribution in [3.05, 3.63) is 59.2 Å². The number of carbonyl (C=O) groups excluding carboxylic acids is 1. The molecule has 1 saturated heterocycles. The first-order valence-electron chi connectivity index (χ1n) is 8.51. The molecule has 1 fully saturated rings. The van der Waals surface area contributed by atoms with Crippen molar-refractivity contribution in [1.82, 2.24) is 5.43 Å². The SMILES string of the molecule is COc1ccccc1C(=O)N/N=C/c1ccc(N2CCCC2)c(C)c1. The van der Waals surface area contributed by atoms with Crippen molar-refractivity contribution in [3.8, 4) is 5.75 Å². The van der Waals surface area contributed by atoms with E-state index < -0.39 is 0 Å². The lowest BCUT2D eigenvalue weighted by Gasteiger charge is -2.20. The molecule has 1 N–H and O–H groups in total. The second-order valence-electron chi connectivity index (χ2n) is 6.14. The minimum absolute atomic E-state index is 0.292. The lowest BCUT2D eigenvalue weighted by molar-refractivity contribution is 0.0952. The van der Waals surface area contributed by atoms with Crippen LogP contribution in [-0.2, 0) is 0 Å². The van der Waals surface area contributed by atoms with Gasteiger partial charge in [0.15, 0.2) is 0 Å². The Labute approximate surface area is 148 Å². The highest BCUT2D eigenvalue weighted by Crippen LogP contribution is 2.24. The van der Waals surface area contributed by atoms with Gasteiger partial charge in [-0.2, -0.15) is 5.10 Å². The van der Waals surface area contributed by atoms with Crippen molar-refractivity contribution in [1.29, 1.82) is 0 Å². The Morgan fingerprint density at radius 2 is 1.96 bits per heavy atom. The average molecular weight is 337 g/mol. The zero-order valence-corrected chi connectivity index (χ0v) is 14.7. The number of hydrogen-bond acceptors (Lipinski definition) is 4. The van der Waals surface area contributed by atoms with E-state index in [0.717, 1.165) is 18.7 Å². The molecule has 5 nitrogen and oxygen atoms in total. The van der Waals surface area contributed by atoms with Gasteiger partial charge < -0.3 is 9.64 Å². The van der Waals surface area contributed by atoms with Crippen molar-refractivity contribution in [2.75, 3.05) is 25.1 Å². The van der Waals surface area contributed by atoms with Crippen LogP contribution < -0.4 is 15.1 Å². The summed E-state index contributed by atoms with van der Waals surface area (Å²) < 4.78 is 5.19. The van der Waals surface area contributed by atoms with Gasteiger partial charge in [-0.25, -0.2) is 5.43 Å². The van der Waals surface area contributed by atoms with Gasteiger partial charge in [0, 0.05) is 18.8 Å². The minimum Gasteiger partial charge on any atom is -0.496 e. The molecule has 25 heavy (non-hydrogen) atoms. The molecule has 1 amide bonds. The Morgan fingerprint density at radius 1 is 1.20 bits per heavy atom. The molecule has 0 spiro atoms. The first kappa shape index (κ1) is 17.0. The molecule has 0 aliphatic carbocycles. The van der Waals surface area contributed by atoms with Crippen LogP contribution in [0.25, 0.3) is 0 Å². The summed E-state index contributed by atoms with van der Waals surface area (Å²) in [5, 5.41) is 4.07. The second-order valence-corrected chi connectivity index (χ2v) is 6.14. The van der Waals surface area contributed by atoms with Gasteiger partial charge in [-0.3, -0.25) is 4.79 Å². The number of anilines is 1. The second kappa shape index (κ2) is 7.83. The van der Waals surface area contributed by atoms with E-state index in [4.69, 9.17) is 4.74 Å². The molecular weight excluding hydrogens is 314 g/mol. The molecule has 0 unspecified atom stereocenters. The number of rotatable bonds is 5. The molecule has 130 valence electrons. The summed E-state index contributed by atoms with van der Waals surface area (Å²) in [7, 11) is 1.54. The van der Waals surface area contributed by atoms with Crippen LogP contribution >= 0.6 is 0 Å². The zero-order valence-electron chi connectivity index (χ0n) is 14.7. The summed E-state index contributed by atoms with van der Waals surface area (Å²) in [5.41, 5.74) is 6.48. The van der Waals surface area contributed by atoms with E-state index in [1.165, 1.54) is 24.1 Å². The van der Waals surface area contributed by atoms with Gasteiger partial charge in [0.05, 0.1) is 18.9 Å². The molecule has 1 heterocycles. The lowest BCUT2D eigenvalue weighted by atomic mass is 10.1. The van der Waals surface area contributed by atoms with E-state index in [2.05, 4.69) is 34.5 Å². The van der Waals surface area contributed by atoms with Crippen LogP contribution in [0.15, 0.2) is 47.6 Å². The number of amides is 1. The molecule has 1 aliphatic heterocycles. The average Bonchev–Trinajstić information content (AvgIpc) is 3.16. The molecule has 3 rings (SSSR count). The van der Waals surface area contributed by atoms with Crippen LogP contribution in [0.5, 0.6) is 5.75 Å². The Bertz CT molecular complexity index is 780. The highest BCUT2D eigenvalue weighted by Gasteiger charge is 2.14. The summed E-state index contributed by atoms with van der Waals surface area (Å²) in [4.78, 5) is 14.6. The normalized spacial score (nSPS) is 14.1. The molecule has 0 bridgehead atoms. The van der Waals surface area contributed by atoms with Gasteiger partial charge >= 0.3 is 0 Å². The maximum absolute atomic E-state index is 12.2. The molecule has 5 heteroatoms. The number of hydrogen-bond donors (Lipinski definition) is 1. The van der Waals surface area contributed by atoms with E-state index in [1.807, 2.05) is 12.1 Å². The van der Waals surface area contributed by atoms with Crippen LogP contribution in [0.2, 0.25) is 0 Å². The lowest BCUT2D eigenvalue weighted by Crippen LogP contribution is -2.19. The number of benzene rings is 2. The third kappa shape index (κ3) is 3.99. The molecule has 2 aromatic rings. The molecule has 0 atom stereocenters. The van der Waals surface area contributed by atoms with Crippen LogP contribution in [-0.4, -0.2) is 32.3 Å². The summed E-state index contributed by atoms with van der Waals surface area (Å²) in [6.07, 6.45) is 4.18. The van der Waals surface area contributed by atoms with E-state index in [1.54, 1.807) is 31.5 Å². The predicted octanol–water partition coefficient (Wildman–Crippen LogP) is 3.37. The van der Waals surface area contributed by atoms with Gasteiger partial charge in [0.25, 0.3) is 5.91 Å². The van der Waals surface area contributed by atoms with E-state index in [-0.39, 0.29) is 5.91 Å². The molecule has 0 saturated carbocycles. The quantitative estimate of drug-likeness (QED) is 0.672. The third-order valence-corrected chi connectivity index (χ3v) is 4.40. The summed E-state index contributed by atoms with van der Waals surface area (Å²) in [6, 6.07) is 13.3. The molecular formula is C20H23N3O2. The summed E-state index contributed by atoms with van der Waals surface area (Å²) in [5.74, 6) is 0.236. The summed E-state index contributed by atoms with van der Waals surface area (Å²) >= 11 is 0. The van der Waals surface area contributed by atoms with Gasteiger partial charge in [-0.1, -0.05) is 18.2 Å². The Kier molecular flexibility index (Phi) is 5.33. The number of carbonyl (C=O) groups is 1. The minimum atomic E-state index is -0.292.